The van der Waals surface area contributed by atoms with Gasteiger partial charge < -0.3 is 9.64 Å². The van der Waals surface area contributed by atoms with Crippen molar-refractivity contribution in [3.63, 3.8) is 0 Å². The molecule has 2 heterocycles. The third-order valence-corrected chi connectivity index (χ3v) is 6.11. The number of benzene rings is 1. The van der Waals surface area contributed by atoms with Gasteiger partial charge in [0.25, 0.3) is 0 Å². The molecule has 1 amide bonds. The molecule has 0 saturated carbocycles. The summed E-state index contributed by atoms with van der Waals surface area (Å²) in [6.45, 7) is 11.5. The van der Waals surface area contributed by atoms with Gasteiger partial charge in [0.2, 0.25) is 0 Å². The second-order valence-electron chi connectivity index (χ2n) is 8.80. The van der Waals surface area contributed by atoms with E-state index in [1.165, 1.54) is 18.4 Å². The minimum atomic E-state index is -0.432. The van der Waals surface area contributed by atoms with Crippen molar-refractivity contribution < 1.29 is 9.53 Å². The lowest BCUT2D eigenvalue weighted by Crippen LogP contribution is -2.53. The minimum absolute atomic E-state index is 0.176. The predicted octanol–water partition coefficient (Wildman–Crippen LogP) is 5.01. The zero-order valence-corrected chi connectivity index (χ0v) is 17.2. The molecule has 0 aliphatic carbocycles. The van der Waals surface area contributed by atoms with Gasteiger partial charge in [0.05, 0.1) is 0 Å². The Kier molecular flexibility index (Phi) is 5.55. The lowest BCUT2D eigenvalue weighted by atomic mass is 9.85. The maximum Gasteiger partial charge on any atom is 0.410 e. The van der Waals surface area contributed by atoms with Crippen LogP contribution in [0.3, 0.4) is 0 Å². The van der Waals surface area contributed by atoms with E-state index in [0.717, 1.165) is 49.6 Å². The first kappa shape index (κ1) is 19.5. The number of ether oxygens (including phenoxy) is 1. The first-order valence-corrected chi connectivity index (χ1v) is 10.0. The van der Waals surface area contributed by atoms with Gasteiger partial charge >= 0.3 is 6.09 Å². The molecule has 1 aromatic rings. The molecular formula is C21H31ClN2O2. The first-order chi connectivity index (χ1) is 12.2. The third-order valence-electron chi connectivity index (χ3n) is 5.68. The molecule has 0 bridgehead atoms. The number of piperidine rings is 1. The van der Waals surface area contributed by atoms with Crippen LogP contribution in [-0.2, 0) is 11.3 Å². The van der Waals surface area contributed by atoms with Crippen molar-refractivity contribution in [1.82, 2.24) is 9.80 Å². The number of likely N-dealkylation sites (tertiary alicyclic amines) is 2. The smallest absolute Gasteiger partial charge is 0.410 e. The van der Waals surface area contributed by atoms with Gasteiger partial charge in [-0.15, -0.1) is 0 Å². The number of carbonyl (C=O) groups is 1. The Balaban J connectivity index is 1.63. The summed E-state index contributed by atoms with van der Waals surface area (Å²) in [5.74, 6) is 0. The SMILES string of the molecule is Cc1cc(CN2CCCC23CCN(C(=O)OC(C)(C)C)CC3)ccc1Cl. The molecule has 1 spiro atoms. The molecule has 0 unspecified atom stereocenters. The fourth-order valence-electron chi connectivity index (χ4n) is 4.26. The number of aryl methyl sites for hydroxylation is 1. The molecule has 1 aromatic carbocycles. The summed E-state index contributed by atoms with van der Waals surface area (Å²) in [5.41, 5.74) is 2.25. The maximum absolute atomic E-state index is 12.3. The predicted molar refractivity (Wildman–Crippen MR) is 106 cm³/mol. The topological polar surface area (TPSA) is 32.8 Å². The number of amides is 1. The quantitative estimate of drug-likeness (QED) is 0.724. The lowest BCUT2D eigenvalue weighted by Gasteiger charge is -2.45. The normalized spacial score (nSPS) is 20.6. The molecule has 26 heavy (non-hydrogen) atoms. The summed E-state index contributed by atoms with van der Waals surface area (Å²) in [4.78, 5) is 16.8. The Bertz CT molecular complexity index is 660. The Morgan fingerprint density at radius 3 is 2.50 bits per heavy atom. The highest BCUT2D eigenvalue weighted by Crippen LogP contribution is 2.39. The van der Waals surface area contributed by atoms with Crippen molar-refractivity contribution in [3.05, 3.63) is 34.3 Å². The van der Waals surface area contributed by atoms with E-state index >= 15 is 0 Å². The van der Waals surface area contributed by atoms with Gasteiger partial charge in [-0.05, 0) is 77.1 Å². The van der Waals surface area contributed by atoms with E-state index in [4.69, 9.17) is 16.3 Å². The highest BCUT2D eigenvalue weighted by molar-refractivity contribution is 6.31. The molecule has 0 aromatic heterocycles. The molecule has 5 heteroatoms. The number of rotatable bonds is 2. The molecule has 2 fully saturated rings. The van der Waals surface area contributed by atoms with Crippen molar-refractivity contribution in [1.29, 1.82) is 0 Å². The molecule has 0 atom stereocenters. The molecular weight excluding hydrogens is 348 g/mol. The third kappa shape index (κ3) is 4.34. The van der Waals surface area contributed by atoms with Crippen LogP contribution in [0.2, 0.25) is 5.02 Å². The van der Waals surface area contributed by atoms with Crippen molar-refractivity contribution in [2.24, 2.45) is 0 Å². The van der Waals surface area contributed by atoms with Crippen LogP contribution >= 0.6 is 11.6 Å². The van der Waals surface area contributed by atoms with Gasteiger partial charge in [-0.1, -0.05) is 23.7 Å². The van der Waals surface area contributed by atoms with Crippen LogP contribution in [0.5, 0.6) is 0 Å². The van der Waals surface area contributed by atoms with Crippen LogP contribution in [0.1, 0.15) is 57.6 Å². The van der Waals surface area contributed by atoms with Gasteiger partial charge in [-0.25, -0.2) is 4.79 Å². The highest BCUT2D eigenvalue weighted by atomic mass is 35.5. The zero-order valence-electron chi connectivity index (χ0n) is 16.5. The van der Waals surface area contributed by atoms with Crippen LogP contribution in [0.25, 0.3) is 0 Å². The van der Waals surface area contributed by atoms with Crippen molar-refractivity contribution >= 4 is 17.7 Å². The van der Waals surface area contributed by atoms with E-state index in [1.807, 2.05) is 31.7 Å². The van der Waals surface area contributed by atoms with E-state index in [0.29, 0.717) is 0 Å². The lowest BCUT2D eigenvalue weighted by molar-refractivity contribution is 0.00165. The molecule has 3 rings (SSSR count). The van der Waals surface area contributed by atoms with Crippen LogP contribution in [0, 0.1) is 6.92 Å². The van der Waals surface area contributed by atoms with Gasteiger partial charge in [0, 0.05) is 30.2 Å². The van der Waals surface area contributed by atoms with E-state index in [-0.39, 0.29) is 11.6 Å². The van der Waals surface area contributed by atoms with Gasteiger partial charge in [-0.3, -0.25) is 4.90 Å². The second kappa shape index (κ2) is 7.40. The molecule has 2 saturated heterocycles. The Morgan fingerprint density at radius 1 is 1.19 bits per heavy atom. The Hall–Kier alpha value is -1.26. The summed E-state index contributed by atoms with van der Waals surface area (Å²) in [6, 6.07) is 6.33. The monoisotopic (exact) mass is 378 g/mol. The Labute approximate surface area is 162 Å². The van der Waals surface area contributed by atoms with Crippen LogP contribution in [0.15, 0.2) is 18.2 Å². The van der Waals surface area contributed by atoms with Crippen LogP contribution in [-0.4, -0.2) is 46.7 Å². The Morgan fingerprint density at radius 2 is 1.88 bits per heavy atom. The van der Waals surface area contributed by atoms with Crippen molar-refractivity contribution in [2.75, 3.05) is 19.6 Å². The maximum atomic E-state index is 12.3. The summed E-state index contributed by atoms with van der Waals surface area (Å²) in [5, 5.41) is 0.829. The number of nitrogens with zero attached hydrogens (tertiary/aromatic N) is 2. The van der Waals surface area contributed by atoms with Gasteiger partial charge in [-0.2, -0.15) is 0 Å². The molecule has 0 N–H and O–H groups in total. The fraction of sp³-hybridized carbons (Fsp3) is 0.667. The molecule has 144 valence electrons. The fourth-order valence-corrected chi connectivity index (χ4v) is 4.38. The van der Waals surface area contributed by atoms with Crippen LogP contribution < -0.4 is 0 Å². The van der Waals surface area contributed by atoms with E-state index in [1.54, 1.807) is 0 Å². The second-order valence-corrected chi connectivity index (χ2v) is 9.21. The average Bonchev–Trinajstić information content (AvgIpc) is 2.92. The van der Waals surface area contributed by atoms with Crippen molar-refractivity contribution in [3.8, 4) is 0 Å². The zero-order chi connectivity index (χ0) is 18.9. The number of hydrogen-bond acceptors (Lipinski definition) is 3. The van der Waals surface area contributed by atoms with Crippen LogP contribution in [0.4, 0.5) is 4.79 Å². The standard InChI is InChI=1S/C21H31ClN2O2/c1-16-14-17(6-7-18(16)22)15-24-11-5-8-21(24)9-12-23(13-10-21)19(25)26-20(2,3)4/h6-7,14H,5,8-13,15H2,1-4H3. The average molecular weight is 379 g/mol. The molecule has 0 radical (unpaired) electrons. The first-order valence-electron chi connectivity index (χ1n) is 9.67. The van der Waals surface area contributed by atoms with E-state index in [2.05, 4.69) is 24.0 Å². The summed E-state index contributed by atoms with van der Waals surface area (Å²) >= 11 is 6.17. The largest absolute Gasteiger partial charge is 0.444 e. The van der Waals surface area contributed by atoms with E-state index < -0.39 is 5.60 Å². The summed E-state index contributed by atoms with van der Waals surface area (Å²) < 4.78 is 5.54. The van der Waals surface area contributed by atoms with Gasteiger partial charge in [0.1, 0.15) is 5.60 Å². The molecule has 4 nitrogen and oxygen atoms in total. The minimum Gasteiger partial charge on any atom is -0.444 e. The van der Waals surface area contributed by atoms with Crippen molar-refractivity contribution in [2.45, 2.75) is 71.1 Å². The van der Waals surface area contributed by atoms with E-state index in [9.17, 15) is 4.79 Å². The number of carbonyl (C=O) groups excluding carboxylic acids is 1. The summed E-state index contributed by atoms with van der Waals surface area (Å²) in [6.07, 6.45) is 4.34. The van der Waals surface area contributed by atoms with Gasteiger partial charge in [0.15, 0.2) is 0 Å². The summed E-state index contributed by atoms with van der Waals surface area (Å²) in [7, 11) is 0. The highest BCUT2D eigenvalue weighted by Gasteiger charge is 2.44. The number of hydrogen-bond donors (Lipinski definition) is 0. The molecule has 2 aliphatic heterocycles. The molecule has 2 aliphatic rings. The number of halogens is 1.